The van der Waals surface area contributed by atoms with Gasteiger partial charge in [-0.25, -0.2) is 4.39 Å². The summed E-state index contributed by atoms with van der Waals surface area (Å²) in [6, 6.07) is 6.72. The van der Waals surface area contributed by atoms with Crippen molar-refractivity contribution in [3.63, 3.8) is 0 Å². The average molecular weight is 196 g/mol. The highest BCUT2D eigenvalue weighted by molar-refractivity contribution is 5.16. The molecule has 0 unspecified atom stereocenters. The maximum absolute atomic E-state index is 12.8. The van der Waals surface area contributed by atoms with Crippen LogP contribution in [0.25, 0.3) is 0 Å². The molecular weight excluding hydrogens is 179 g/mol. The fraction of sp³-hybridized carbons (Fsp3) is 0.455. The summed E-state index contributed by atoms with van der Waals surface area (Å²) in [5.74, 6) is -0.163. The van der Waals surface area contributed by atoms with Gasteiger partial charge in [-0.2, -0.15) is 0 Å². The lowest BCUT2D eigenvalue weighted by Crippen LogP contribution is -2.20. The molecule has 0 saturated carbocycles. The van der Waals surface area contributed by atoms with Gasteiger partial charge in [0.15, 0.2) is 0 Å². The number of halogens is 1. The van der Waals surface area contributed by atoms with E-state index in [1.54, 1.807) is 12.1 Å². The standard InChI is InChI=1S/C11H17FN2/c12-11-4-1-3-10(9-11)5-8-14-7-2-6-13/h1,3-4,9,14H,2,5-8,13H2. The highest BCUT2D eigenvalue weighted by Crippen LogP contribution is 2.03. The Morgan fingerprint density at radius 1 is 1.29 bits per heavy atom. The number of hydrogen-bond donors (Lipinski definition) is 2. The molecule has 3 heteroatoms. The van der Waals surface area contributed by atoms with Gasteiger partial charge in [-0.15, -0.1) is 0 Å². The topological polar surface area (TPSA) is 38.0 Å². The van der Waals surface area contributed by atoms with Crippen LogP contribution in [0.5, 0.6) is 0 Å². The van der Waals surface area contributed by atoms with Crippen LogP contribution < -0.4 is 11.1 Å². The molecule has 0 aliphatic carbocycles. The van der Waals surface area contributed by atoms with E-state index < -0.39 is 0 Å². The van der Waals surface area contributed by atoms with E-state index in [9.17, 15) is 4.39 Å². The zero-order valence-corrected chi connectivity index (χ0v) is 8.30. The summed E-state index contributed by atoms with van der Waals surface area (Å²) in [5, 5.41) is 3.25. The first kappa shape index (κ1) is 11.1. The van der Waals surface area contributed by atoms with Crippen molar-refractivity contribution in [1.29, 1.82) is 0 Å². The average Bonchev–Trinajstić information content (AvgIpc) is 2.18. The Morgan fingerprint density at radius 2 is 2.14 bits per heavy atom. The van der Waals surface area contributed by atoms with Crippen molar-refractivity contribution in [3.8, 4) is 0 Å². The summed E-state index contributed by atoms with van der Waals surface area (Å²) < 4.78 is 12.8. The second kappa shape index (κ2) is 6.51. The Morgan fingerprint density at radius 3 is 2.86 bits per heavy atom. The SMILES string of the molecule is NCCCNCCc1cccc(F)c1. The van der Waals surface area contributed by atoms with Crippen LogP contribution in [0.2, 0.25) is 0 Å². The second-order valence-electron chi connectivity index (χ2n) is 3.27. The fourth-order valence-corrected chi connectivity index (χ4v) is 1.28. The molecule has 0 heterocycles. The summed E-state index contributed by atoms with van der Waals surface area (Å²) in [7, 11) is 0. The van der Waals surface area contributed by atoms with E-state index in [0.29, 0.717) is 6.54 Å². The Hall–Kier alpha value is -0.930. The normalized spacial score (nSPS) is 10.4. The molecule has 0 spiro atoms. The number of rotatable bonds is 6. The van der Waals surface area contributed by atoms with Gasteiger partial charge in [-0.1, -0.05) is 12.1 Å². The second-order valence-corrected chi connectivity index (χ2v) is 3.27. The van der Waals surface area contributed by atoms with Gasteiger partial charge in [-0.3, -0.25) is 0 Å². The molecule has 1 aromatic carbocycles. The van der Waals surface area contributed by atoms with Crippen LogP contribution in [0.15, 0.2) is 24.3 Å². The third-order valence-electron chi connectivity index (χ3n) is 2.04. The summed E-state index contributed by atoms with van der Waals surface area (Å²) in [6.07, 6.45) is 1.85. The van der Waals surface area contributed by atoms with Crippen LogP contribution >= 0.6 is 0 Å². The fourth-order valence-electron chi connectivity index (χ4n) is 1.28. The molecule has 0 atom stereocenters. The molecular formula is C11H17FN2. The largest absolute Gasteiger partial charge is 0.330 e. The van der Waals surface area contributed by atoms with E-state index in [1.165, 1.54) is 6.07 Å². The van der Waals surface area contributed by atoms with E-state index in [1.807, 2.05) is 6.07 Å². The van der Waals surface area contributed by atoms with Crippen LogP contribution in [0, 0.1) is 5.82 Å². The van der Waals surface area contributed by atoms with Crippen molar-refractivity contribution in [2.24, 2.45) is 5.73 Å². The van der Waals surface area contributed by atoms with Gasteiger partial charge in [0.1, 0.15) is 5.82 Å². The lowest BCUT2D eigenvalue weighted by molar-refractivity contribution is 0.621. The maximum Gasteiger partial charge on any atom is 0.123 e. The minimum atomic E-state index is -0.163. The molecule has 14 heavy (non-hydrogen) atoms. The van der Waals surface area contributed by atoms with Crippen molar-refractivity contribution in [3.05, 3.63) is 35.6 Å². The minimum Gasteiger partial charge on any atom is -0.330 e. The van der Waals surface area contributed by atoms with Crippen LogP contribution in [0.4, 0.5) is 4.39 Å². The number of benzene rings is 1. The Kier molecular flexibility index (Phi) is 5.19. The van der Waals surface area contributed by atoms with E-state index in [4.69, 9.17) is 5.73 Å². The Labute approximate surface area is 84.3 Å². The van der Waals surface area contributed by atoms with Crippen LogP contribution in [-0.4, -0.2) is 19.6 Å². The first-order valence-electron chi connectivity index (χ1n) is 4.98. The maximum atomic E-state index is 12.8. The number of nitrogens with one attached hydrogen (secondary N) is 1. The lowest BCUT2D eigenvalue weighted by atomic mass is 10.1. The smallest absolute Gasteiger partial charge is 0.123 e. The third-order valence-corrected chi connectivity index (χ3v) is 2.04. The van der Waals surface area contributed by atoms with Gasteiger partial charge in [0, 0.05) is 0 Å². The summed E-state index contributed by atoms with van der Waals surface area (Å²) in [6.45, 7) is 2.53. The molecule has 0 aliphatic heterocycles. The van der Waals surface area contributed by atoms with Gasteiger partial charge in [0.25, 0.3) is 0 Å². The molecule has 0 aromatic heterocycles. The van der Waals surface area contributed by atoms with Crippen LogP contribution in [-0.2, 0) is 6.42 Å². The monoisotopic (exact) mass is 196 g/mol. The molecule has 0 radical (unpaired) electrons. The molecule has 0 aliphatic rings. The van der Waals surface area contributed by atoms with E-state index in [-0.39, 0.29) is 5.82 Å². The molecule has 3 N–H and O–H groups in total. The van der Waals surface area contributed by atoms with Crippen molar-refractivity contribution >= 4 is 0 Å². The van der Waals surface area contributed by atoms with Gasteiger partial charge in [0.2, 0.25) is 0 Å². The third kappa shape index (κ3) is 4.35. The van der Waals surface area contributed by atoms with E-state index >= 15 is 0 Å². The first-order valence-corrected chi connectivity index (χ1v) is 4.98. The molecule has 1 rings (SSSR count). The summed E-state index contributed by atoms with van der Waals surface area (Å²) in [4.78, 5) is 0. The van der Waals surface area contributed by atoms with Gasteiger partial charge >= 0.3 is 0 Å². The Balaban J connectivity index is 2.18. The van der Waals surface area contributed by atoms with Crippen LogP contribution in [0.3, 0.4) is 0 Å². The van der Waals surface area contributed by atoms with Crippen LogP contribution in [0.1, 0.15) is 12.0 Å². The molecule has 78 valence electrons. The Bertz CT molecular complexity index is 263. The van der Waals surface area contributed by atoms with Gasteiger partial charge < -0.3 is 11.1 Å². The van der Waals surface area contributed by atoms with Gasteiger partial charge in [0.05, 0.1) is 0 Å². The van der Waals surface area contributed by atoms with E-state index in [0.717, 1.165) is 31.5 Å². The van der Waals surface area contributed by atoms with E-state index in [2.05, 4.69) is 5.32 Å². The van der Waals surface area contributed by atoms with Crippen molar-refractivity contribution in [2.45, 2.75) is 12.8 Å². The molecule has 0 amide bonds. The first-order chi connectivity index (χ1) is 6.83. The zero-order valence-electron chi connectivity index (χ0n) is 8.30. The highest BCUT2D eigenvalue weighted by atomic mass is 19.1. The quantitative estimate of drug-likeness (QED) is 0.673. The van der Waals surface area contributed by atoms with Crippen molar-refractivity contribution in [2.75, 3.05) is 19.6 Å². The lowest BCUT2D eigenvalue weighted by Gasteiger charge is -2.03. The predicted octanol–water partition coefficient (Wildman–Crippen LogP) is 1.31. The van der Waals surface area contributed by atoms with Crippen molar-refractivity contribution < 1.29 is 4.39 Å². The number of hydrogen-bond acceptors (Lipinski definition) is 2. The molecule has 0 bridgehead atoms. The minimum absolute atomic E-state index is 0.163. The summed E-state index contributed by atoms with van der Waals surface area (Å²) in [5.41, 5.74) is 6.38. The van der Waals surface area contributed by atoms with Crippen molar-refractivity contribution in [1.82, 2.24) is 5.32 Å². The molecule has 2 nitrogen and oxygen atoms in total. The number of nitrogens with two attached hydrogens (primary N) is 1. The molecule has 0 saturated heterocycles. The summed E-state index contributed by atoms with van der Waals surface area (Å²) >= 11 is 0. The molecule has 1 aromatic rings. The predicted molar refractivity (Wildman–Crippen MR) is 56.6 cm³/mol. The highest BCUT2D eigenvalue weighted by Gasteiger charge is 1.94. The molecule has 0 fully saturated rings. The van der Waals surface area contributed by atoms with Gasteiger partial charge in [-0.05, 0) is 50.2 Å². The zero-order chi connectivity index (χ0) is 10.2.